The van der Waals surface area contributed by atoms with Crippen molar-refractivity contribution in [1.82, 2.24) is 9.97 Å². The minimum absolute atomic E-state index is 0.351. The number of hydrogen-bond donors (Lipinski definition) is 0. The lowest BCUT2D eigenvalue weighted by Gasteiger charge is -2.09. The Morgan fingerprint density at radius 3 is 2.27 bits per heavy atom. The van der Waals surface area contributed by atoms with E-state index in [1.54, 1.807) is 12.1 Å². The summed E-state index contributed by atoms with van der Waals surface area (Å²) in [4.78, 5) is 20.8. The molecule has 0 aliphatic carbocycles. The molecule has 0 spiro atoms. The Labute approximate surface area is 156 Å². The van der Waals surface area contributed by atoms with E-state index in [0.717, 1.165) is 35.5 Å². The molecule has 1 aromatic heterocycles. The summed E-state index contributed by atoms with van der Waals surface area (Å²) < 4.78 is 4.71. The minimum atomic E-state index is -0.351. The summed E-state index contributed by atoms with van der Waals surface area (Å²) in [5.41, 5.74) is 3.99. The molecular weight excluding hydrogens is 324 g/mol. The second-order valence-corrected chi connectivity index (χ2v) is 7.17. The third-order valence-corrected chi connectivity index (χ3v) is 3.75. The molecule has 4 nitrogen and oxygen atoms in total. The maximum atomic E-state index is 11.5. The van der Waals surface area contributed by atoms with Crippen LogP contribution in [0.5, 0.6) is 0 Å². The molecule has 136 valence electrons. The average Bonchev–Trinajstić information content (AvgIpc) is 2.60. The average molecular weight is 350 g/mol. The molecule has 0 bridgehead atoms. The highest BCUT2D eigenvalue weighted by Gasteiger charge is 2.09. The van der Waals surface area contributed by atoms with Gasteiger partial charge in [0.25, 0.3) is 0 Å². The summed E-state index contributed by atoms with van der Waals surface area (Å²) in [7, 11) is 1.37. The monoisotopic (exact) mass is 350 g/mol. The molecule has 4 heteroatoms. The summed E-state index contributed by atoms with van der Waals surface area (Å²) >= 11 is 0. The van der Waals surface area contributed by atoms with E-state index in [2.05, 4.69) is 44.5 Å². The molecule has 1 aromatic carbocycles. The van der Waals surface area contributed by atoms with Gasteiger partial charge in [-0.05, 0) is 54.9 Å². The molecule has 2 rings (SSSR count). The molecule has 2 aromatic rings. The first kappa shape index (κ1) is 19.7. The van der Waals surface area contributed by atoms with Crippen LogP contribution < -0.4 is 0 Å². The predicted molar refractivity (Wildman–Crippen MR) is 103 cm³/mol. The Morgan fingerprint density at radius 2 is 1.69 bits per heavy atom. The molecule has 0 aliphatic heterocycles. The second-order valence-electron chi connectivity index (χ2n) is 7.17. The Bertz CT molecular complexity index is 812. The summed E-state index contributed by atoms with van der Waals surface area (Å²) in [5, 5.41) is 0. The van der Waals surface area contributed by atoms with Gasteiger partial charge in [0.1, 0.15) is 5.69 Å². The van der Waals surface area contributed by atoms with Crippen molar-refractivity contribution in [2.75, 3.05) is 7.11 Å². The van der Waals surface area contributed by atoms with Crippen molar-refractivity contribution in [2.24, 2.45) is 11.8 Å². The van der Waals surface area contributed by atoms with Crippen molar-refractivity contribution in [3.63, 3.8) is 0 Å². The zero-order valence-corrected chi connectivity index (χ0v) is 16.2. The van der Waals surface area contributed by atoms with Crippen molar-refractivity contribution in [1.29, 1.82) is 0 Å². The molecule has 0 N–H and O–H groups in total. The van der Waals surface area contributed by atoms with Gasteiger partial charge >= 0.3 is 5.97 Å². The fraction of sp³-hybridized carbons (Fsp3) is 0.409. The molecule has 0 aliphatic rings. The third-order valence-electron chi connectivity index (χ3n) is 3.75. The van der Waals surface area contributed by atoms with E-state index in [9.17, 15) is 4.79 Å². The zero-order chi connectivity index (χ0) is 19.1. The van der Waals surface area contributed by atoms with Crippen LogP contribution in [0.25, 0.3) is 0 Å². The van der Waals surface area contributed by atoms with Gasteiger partial charge in [-0.25, -0.2) is 9.78 Å². The first-order chi connectivity index (χ1) is 12.4. The number of nitrogens with zero attached hydrogens (tertiary/aromatic N) is 2. The van der Waals surface area contributed by atoms with E-state index in [0.29, 0.717) is 17.4 Å². The number of ether oxygens (including phenoxy) is 1. The maximum absolute atomic E-state index is 11.5. The van der Waals surface area contributed by atoms with Crippen LogP contribution in [0.1, 0.15) is 60.7 Å². The van der Waals surface area contributed by atoms with Crippen LogP contribution in [0, 0.1) is 23.7 Å². The first-order valence-corrected chi connectivity index (χ1v) is 8.94. The summed E-state index contributed by atoms with van der Waals surface area (Å²) in [6.07, 6.45) is 3.60. The number of hydrogen-bond acceptors (Lipinski definition) is 4. The normalized spacial score (nSPS) is 10.6. The number of methoxy groups -OCH3 is 1. The molecule has 0 amide bonds. The van der Waals surface area contributed by atoms with E-state index < -0.39 is 0 Å². The Balaban J connectivity index is 2.31. The van der Waals surface area contributed by atoms with Crippen LogP contribution in [0.2, 0.25) is 0 Å². The number of carbonyl (C=O) groups is 1. The number of benzene rings is 1. The SMILES string of the molecule is COC(=O)c1ccc(C#Cc2nc(CC(C)C)cnc2CC(C)C)cc1. The van der Waals surface area contributed by atoms with Crippen molar-refractivity contribution >= 4 is 5.97 Å². The Morgan fingerprint density at radius 1 is 1.04 bits per heavy atom. The minimum Gasteiger partial charge on any atom is -0.465 e. The number of esters is 1. The maximum Gasteiger partial charge on any atom is 0.337 e. The van der Waals surface area contributed by atoms with Gasteiger partial charge in [0.05, 0.1) is 24.1 Å². The molecule has 0 unspecified atom stereocenters. The second kappa shape index (κ2) is 9.15. The Kier molecular flexibility index (Phi) is 6.91. The smallest absolute Gasteiger partial charge is 0.337 e. The number of rotatable bonds is 5. The van der Waals surface area contributed by atoms with Crippen LogP contribution >= 0.6 is 0 Å². The fourth-order valence-corrected chi connectivity index (χ4v) is 2.54. The molecule has 0 saturated heterocycles. The standard InChI is InChI=1S/C22H26N2O2/c1-15(2)12-19-14-23-21(13-16(3)4)20(24-19)11-8-17-6-9-18(10-7-17)22(25)26-5/h6-7,9-10,14-16H,12-13H2,1-5H3. The van der Waals surface area contributed by atoms with Gasteiger partial charge in [-0.2, -0.15) is 0 Å². The summed E-state index contributed by atoms with van der Waals surface area (Å²) in [6, 6.07) is 7.05. The van der Waals surface area contributed by atoms with Gasteiger partial charge in [0, 0.05) is 11.8 Å². The van der Waals surface area contributed by atoms with Gasteiger partial charge in [-0.1, -0.05) is 33.6 Å². The lowest BCUT2D eigenvalue weighted by Crippen LogP contribution is -2.07. The van der Waals surface area contributed by atoms with Gasteiger partial charge < -0.3 is 4.74 Å². The Hall–Kier alpha value is -2.67. The van der Waals surface area contributed by atoms with E-state index >= 15 is 0 Å². The van der Waals surface area contributed by atoms with E-state index in [1.165, 1.54) is 7.11 Å². The first-order valence-electron chi connectivity index (χ1n) is 8.94. The molecular formula is C22H26N2O2. The fourth-order valence-electron chi connectivity index (χ4n) is 2.54. The number of carbonyl (C=O) groups excluding carboxylic acids is 1. The van der Waals surface area contributed by atoms with Gasteiger partial charge in [-0.15, -0.1) is 0 Å². The topological polar surface area (TPSA) is 52.1 Å². The van der Waals surface area contributed by atoms with E-state index in [1.807, 2.05) is 18.3 Å². The lowest BCUT2D eigenvalue weighted by molar-refractivity contribution is 0.0600. The number of aromatic nitrogens is 2. The molecule has 26 heavy (non-hydrogen) atoms. The van der Waals surface area contributed by atoms with Crippen LogP contribution in [0.4, 0.5) is 0 Å². The predicted octanol–water partition coefficient (Wildman–Crippen LogP) is 4.06. The largest absolute Gasteiger partial charge is 0.465 e. The highest BCUT2D eigenvalue weighted by Crippen LogP contribution is 2.12. The van der Waals surface area contributed by atoms with Crippen LogP contribution in [-0.2, 0) is 17.6 Å². The molecule has 0 saturated carbocycles. The van der Waals surface area contributed by atoms with Gasteiger partial charge in [0.15, 0.2) is 0 Å². The van der Waals surface area contributed by atoms with E-state index in [-0.39, 0.29) is 5.97 Å². The zero-order valence-electron chi connectivity index (χ0n) is 16.2. The van der Waals surface area contributed by atoms with E-state index in [4.69, 9.17) is 9.72 Å². The lowest BCUT2D eigenvalue weighted by atomic mass is 10.0. The third kappa shape index (κ3) is 5.70. The molecule has 0 atom stereocenters. The van der Waals surface area contributed by atoms with Crippen LogP contribution in [-0.4, -0.2) is 23.0 Å². The highest BCUT2D eigenvalue weighted by atomic mass is 16.5. The van der Waals surface area contributed by atoms with Crippen molar-refractivity contribution < 1.29 is 9.53 Å². The molecule has 0 radical (unpaired) electrons. The van der Waals surface area contributed by atoms with Crippen LogP contribution in [0.15, 0.2) is 30.5 Å². The van der Waals surface area contributed by atoms with Gasteiger partial charge in [0.2, 0.25) is 0 Å². The quantitative estimate of drug-likeness (QED) is 0.603. The van der Waals surface area contributed by atoms with Gasteiger partial charge in [-0.3, -0.25) is 4.98 Å². The van der Waals surface area contributed by atoms with Crippen LogP contribution in [0.3, 0.4) is 0 Å². The molecule has 0 fully saturated rings. The van der Waals surface area contributed by atoms with Crippen molar-refractivity contribution in [2.45, 2.75) is 40.5 Å². The molecule has 1 heterocycles. The highest BCUT2D eigenvalue weighted by molar-refractivity contribution is 5.89. The summed E-state index contributed by atoms with van der Waals surface area (Å²) in [5.74, 6) is 6.96. The van der Waals surface area contributed by atoms with Crippen molar-refractivity contribution in [3.8, 4) is 11.8 Å². The van der Waals surface area contributed by atoms with Crippen molar-refractivity contribution in [3.05, 3.63) is 58.7 Å². The summed E-state index contributed by atoms with van der Waals surface area (Å²) in [6.45, 7) is 8.65.